The van der Waals surface area contributed by atoms with Crippen molar-refractivity contribution in [3.63, 3.8) is 0 Å². The lowest BCUT2D eigenvalue weighted by atomic mass is 10.1. The van der Waals surface area contributed by atoms with Gasteiger partial charge >= 0.3 is 0 Å². The van der Waals surface area contributed by atoms with Crippen LogP contribution >= 0.6 is 39.1 Å². The van der Waals surface area contributed by atoms with Gasteiger partial charge in [0.25, 0.3) is 0 Å². The molecule has 2 nitrogen and oxygen atoms in total. The van der Waals surface area contributed by atoms with E-state index in [1.807, 2.05) is 19.1 Å². The summed E-state index contributed by atoms with van der Waals surface area (Å²) in [7, 11) is 0. The Labute approximate surface area is 124 Å². The topological polar surface area (TPSA) is 22.1 Å². The van der Waals surface area contributed by atoms with E-state index in [9.17, 15) is 0 Å². The Morgan fingerprint density at radius 2 is 1.89 bits per heavy atom. The largest absolute Gasteiger partial charge is 0.484 e. The Morgan fingerprint density at radius 1 is 1.22 bits per heavy atom. The number of hydrogen-bond donors (Lipinski definition) is 0. The summed E-state index contributed by atoms with van der Waals surface area (Å²) in [5.74, 6) is 0.660. The molecule has 1 heterocycles. The van der Waals surface area contributed by atoms with E-state index in [-0.39, 0.29) is 6.10 Å². The maximum atomic E-state index is 6.13. The van der Waals surface area contributed by atoms with Crippen molar-refractivity contribution in [3.8, 4) is 5.75 Å². The van der Waals surface area contributed by atoms with Crippen molar-refractivity contribution >= 4 is 39.1 Å². The Bertz CT molecular complexity index is 542. The molecule has 0 N–H and O–H groups in total. The summed E-state index contributed by atoms with van der Waals surface area (Å²) >= 11 is 15.6. The molecule has 0 unspecified atom stereocenters. The predicted octanol–water partition coefficient (Wildman–Crippen LogP) is 5.29. The maximum Gasteiger partial charge on any atom is 0.139 e. The van der Waals surface area contributed by atoms with Crippen LogP contribution < -0.4 is 4.74 Å². The third-order valence-electron chi connectivity index (χ3n) is 2.40. The van der Waals surface area contributed by atoms with Crippen LogP contribution in [0.25, 0.3) is 0 Å². The number of ether oxygens (including phenoxy) is 1. The summed E-state index contributed by atoms with van der Waals surface area (Å²) in [5.41, 5.74) is 0.779. The van der Waals surface area contributed by atoms with Crippen molar-refractivity contribution in [1.82, 2.24) is 4.98 Å². The molecule has 94 valence electrons. The van der Waals surface area contributed by atoms with Crippen LogP contribution in [-0.2, 0) is 0 Å². The first-order valence-corrected chi connectivity index (χ1v) is 6.84. The summed E-state index contributed by atoms with van der Waals surface area (Å²) in [6.45, 7) is 1.90. The van der Waals surface area contributed by atoms with E-state index in [1.54, 1.807) is 24.5 Å². The number of rotatable bonds is 3. The van der Waals surface area contributed by atoms with Gasteiger partial charge in [-0.15, -0.1) is 0 Å². The van der Waals surface area contributed by atoms with Gasteiger partial charge in [0.2, 0.25) is 0 Å². The SMILES string of the molecule is C[C@@H](Oc1cncc(Br)c1)c1c(Cl)cccc1Cl. The second kappa shape index (κ2) is 5.91. The van der Waals surface area contributed by atoms with Gasteiger partial charge in [-0.2, -0.15) is 0 Å². The average molecular weight is 347 g/mol. The predicted molar refractivity (Wildman–Crippen MR) is 77.4 cm³/mol. The highest BCUT2D eigenvalue weighted by atomic mass is 79.9. The first-order chi connectivity index (χ1) is 8.58. The fourth-order valence-corrected chi connectivity index (χ4v) is 2.67. The molecule has 5 heteroatoms. The molecule has 1 aromatic carbocycles. The lowest BCUT2D eigenvalue weighted by Crippen LogP contribution is -2.04. The van der Waals surface area contributed by atoms with E-state index in [1.165, 1.54) is 0 Å². The van der Waals surface area contributed by atoms with Crippen molar-refractivity contribution in [2.45, 2.75) is 13.0 Å². The van der Waals surface area contributed by atoms with Crippen molar-refractivity contribution in [2.75, 3.05) is 0 Å². The molecule has 0 bridgehead atoms. The maximum absolute atomic E-state index is 6.13. The van der Waals surface area contributed by atoms with Crippen LogP contribution in [-0.4, -0.2) is 4.98 Å². The van der Waals surface area contributed by atoms with E-state index in [0.717, 1.165) is 10.0 Å². The molecular formula is C13H10BrCl2NO. The van der Waals surface area contributed by atoms with Crippen LogP contribution in [0.1, 0.15) is 18.6 Å². The third kappa shape index (κ3) is 3.16. The summed E-state index contributed by atoms with van der Waals surface area (Å²) in [4.78, 5) is 4.04. The van der Waals surface area contributed by atoms with Gasteiger partial charge in [-0.1, -0.05) is 29.3 Å². The van der Waals surface area contributed by atoms with Crippen molar-refractivity contribution < 1.29 is 4.74 Å². The minimum Gasteiger partial charge on any atom is -0.484 e. The molecule has 0 amide bonds. The summed E-state index contributed by atoms with van der Waals surface area (Å²) in [6.07, 6.45) is 3.09. The van der Waals surface area contributed by atoms with E-state index in [0.29, 0.717) is 15.8 Å². The van der Waals surface area contributed by atoms with Gasteiger partial charge in [-0.05, 0) is 41.1 Å². The first kappa shape index (κ1) is 13.7. The van der Waals surface area contributed by atoms with E-state index in [2.05, 4.69) is 20.9 Å². The summed E-state index contributed by atoms with van der Waals surface area (Å²) in [5, 5.41) is 1.19. The van der Waals surface area contributed by atoms with Gasteiger partial charge in [-0.25, -0.2) is 0 Å². The Hall–Kier alpha value is -0.770. The highest BCUT2D eigenvalue weighted by molar-refractivity contribution is 9.10. The summed E-state index contributed by atoms with van der Waals surface area (Å²) in [6, 6.07) is 7.24. The molecule has 0 spiro atoms. The standard InChI is InChI=1S/C13H10BrCl2NO/c1-8(13-11(15)3-2-4-12(13)16)18-10-5-9(14)6-17-7-10/h2-8H,1H3/t8-/m1/s1. The number of nitrogens with zero attached hydrogens (tertiary/aromatic N) is 1. The average Bonchev–Trinajstić information content (AvgIpc) is 2.28. The second-order valence-electron chi connectivity index (χ2n) is 3.73. The third-order valence-corrected chi connectivity index (χ3v) is 3.49. The molecule has 2 aromatic rings. The van der Waals surface area contributed by atoms with Crippen LogP contribution in [0.4, 0.5) is 0 Å². The van der Waals surface area contributed by atoms with Crippen molar-refractivity contribution in [2.24, 2.45) is 0 Å². The van der Waals surface area contributed by atoms with Gasteiger partial charge in [0.1, 0.15) is 11.9 Å². The van der Waals surface area contributed by atoms with Crippen molar-refractivity contribution in [3.05, 3.63) is 56.7 Å². The summed E-state index contributed by atoms with van der Waals surface area (Å²) < 4.78 is 6.64. The van der Waals surface area contributed by atoms with Crippen LogP contribution in [0, 0.1) is 0 Å². The van der Waals surface area contributed by atoms with Crippen LogP contribution in [0.15, 0.2) is 41.1 Å². The zero-order chi connectivity index (χ0) is 13.1. The zero-order valence-corrected chi connectivity index (χ0v) is 12.6. The molecular weight excluding hydrogens is 337 g/mol. The number of aromatic nitrogens is 1. The van der Waals surface area contributed by atoms with Crippen LogP contribution in [0.5, 0.6) is 5.75 Å². The molecule has 0 fully saturated rings. The normalized spacial score (nSPS) is 12.2. The van der Waals surface area contributed by atoms with E-state index >= 15 is 0 Å². The molecule has 0 aliphatic rings. The van der Waals surface area contributed by atoms with E-state index in [4.69, 9.17) is 27.9 Å². The minimum atomic E-state index is -0.248. The minimum absolute atomic E-state index is 0.248. The fourth-order valence-electron chi connectivity index (χ4n) is 1.62. The highest BCUT2D eigenvalue weighted by Crippen LogP contribution is 2.33. The van der Waals surface area contributed by atoms with Gasteiger partial charge in [0.05, 0.1) is 6.20 Å². The number of halogens is 3. The number of hydrogen-bond acceptors (Lipinski definition) is 2. The molecule has 0 saturated carbocycles. The van der Waals surface area contributed by atoms with Crippen LogP contribution in [0.3, 0.4) is 0 Å². The molecule has 1 atom stereocenters. The van der Waals surface area contributed by atoms with Crippen molar-refractivity contribution in [1.29, 1.82) is 0 Å². The second-order valence-corrected chi connectivity index (χ2v) is 5.46. The van der Waals surface area contributed by atoms with Gasteiger partial charge in [0, 0.05) is 26.3 Å². The zero-order valence-electron chi connectivity index (χ0n) is 9.53. The number of pyridine rings is 1. The molecule has 2 rings (SSSR count). The molecule has 1 aromatic heterocycles. The molecule has 0 saturated heterocycles. The van der Waals surface area contributed by atoms with E-state index < -0.39 is 0 Å². The lowest BCUT2D eigenvalue weighted by molar-refractivity contribution is 0.226. The molecule has 0 radical (unpaired) electrons. The Morgan fingerprint density at radius 3 is 2.50 bits per heavy atom. The number of benzene rings is 1. The molecule has 18 heavy (non-hydrogen) atoms. The Balaban J connectivity index is 2.25. The van der Waals surface area contributed by atoms with Gasteiger partial charge < -0.3 is 4.74 Å². The van der Waals surface area contributed by atoms with Crippen LogP contribution in [0.2, 0.25) is 10.0 Å². The smallest absolute Gasteiger partial charge is 0.139 e. The Kier molecular flexibility index (Phi) is 4.49. The fraction of sp³-hybridized carbons (Fsp3) is 0.154. The quantitative estimate of drug-likeness (QED) is 0.753. The first-order valence-electron chi connectivity index (χ1n) is 5.29. The molecule has 0 aliphatic carbocycles. The van der Waals surface area contributed by atoms with Gasteiger partial charge in [-0.3, -0.25) is 4.98 Å². The lowest BCUT2D eigenvalue weighted by Gasteiger charge is -2.17. The molecule has 0 aliphatic heterocycles. The monoisotopic (exact) mass is 345 g/mol. The highest BCUT2D eigenvalue weighted by Gasteiger charge is 2.15. The van der Waals surface area contributed by atoms with Gasteiger partial charge in [0.15, 0.2) is 0 Å².